The van der Waals surface area contributed by atoms with Crippen LogP contribution in [0, 0.1) is 0 Å². The Morgan fingerprint density at radius 2 is 1.86 bits per heavy atom. The van der Waals surface area contributed by atoms with Crippen LogP contribution in [-0.4, -0.2) is 67.4 Å². The molecular formula is C15H27N5O. The van der Waals surface area contributed by atoms with Gasteiger partial charge in [-0.05, 0) is 13.8 Å². The molecule has 0 spiro atoms. The van der Waals surface area contributed by atoms with Crippen molar-refractivity contribution in [1.29, 1.82) is 0 Å². The Morgan fingerprint density at radius 3 is 2.43 bits per heavy atom. The summed E-state index contributed by atoms with van der Waals surface area (Å²) >= 11 is 0. The molecule has 1 saturated heterocycles. The van der Waals surface area contributed by atoms with Crippen LogP contribution in [0.15, 0.2) is 12.4 Å². The summed E-state index contributed by atoms with van der Waals surface area (Å²) < 4.78 is 5.00. The molecule has 0 aromatic carbocycles. The van der Waals surface area contributed by atoms with E-state index in [4.69, 9.17) is 4.74 Å². The molecule has 1 aliphatic rings. The molecule has 0 radical (unpaired) electrons. The van der Waals surface area contributed by atoms with E-state index in [-0.39, 0.29) is 0 Å². The second kappa shape index (κ2) is 8.26. The number of ether oxygens (including phenoxy) is 1. The van der Waals surface area contributed by atoms with Crippen LogP contribution in [0.25, 0.3) is 0 Å². The smallest absolute Gasteiger partial charge is 0.225 e. The highest BCUT2D eigenvalue weighted by Crippen LogP contribution is 2.12. The van der Waals surface area contributed by atoms with Gasteiger partial charge in [0.15, 0.2) is 0 Å². The van der Waals surface area contributed by atoms with E-state index in [2.05, 4.69) is 38.9 Å². The standard InChI is InChI=1S/C15H27N5O/c1-13(2)19-5-7-20(8-6-19)15-17-11-14(12-18-15)10-16-4-9-21-3/h11-13,16H,4-10H2,1-3H3. The number of aromatic nitrogens is 2. The molecule has 2 rings (SSSR count). The van der Waals surface area contributed by atoms with Gasteiger partial charge < -0.3 is 15.0 Å². The molecule has 1 aromatic rings. The fourth-order valence-electron chi connectivity index (χ4n) is 2.45. The minimum absolute atomic E-state index is 0.619. The molecule has 6 heteroatoms. The van der Waals surface area contributed by atoms with Gasteiger partial charge in [0.25, 0.3) is 0 Å². The molecule has 0 aliphatic carbocycles. The number of piperazine rings is 1. The molecule has 0 atom stereocenters. The van der Waals surface area contributed by atoms with Crippen molar-refractivity contribution in [2.24, 2.45) is 0 Å². The van der Waals surface area contributed by atoms with E-state index in [9.17, 15) is 0 Å². The van der Waals surface area contributed by atoms with Crippen LogP contribution in [0.5, 0.6) is 0 Å². The number of methoxy groups -OCH3 is 1. The van der Waals surface area contributed by atoms with Gasteiger partial charge in [0.2, 0.25) is 5.95 Å². The van der Waals surface area contributed by atoms with Crippen molar-refractivity contribution in [2.45, 2.75) is 26.4 Å². The molecule has 1 aromatic heterocycles. The summed E-state index contributed by atoms with van der Waals surface area (Å²) in [6.07, 6.45) is 3.83. The second-order valence-electron chi connectivity index (χ2n) is 5.68. The summed E-state index contributed by atoms with van der Waals surface area (Å²) in [5, 5.41) is 3.29. The minimum Gasteiger partial charge on any atom is -0.383 e. The van der Waals surface area contributed by atoms with Crippen LogP contribution in [0.2, 0.25) is 0 Å². The summed E-state index contributed by atoms with van der Waals surface area (Å²) in [5.74, 6) is 0.846. The third-order valence-electron chi connectivity index (χ3n) is 3.83. The Bertz CT molecular complexity index is 401. The quantitative estimate of drug-likeness (QED) is 0.749. The van der Waals surface area contributed by atoms with Crippen molar-refractivity contribution in [3.8, 4) is 0 Å². The maximum absolute atomic E-state index is 5.00. The van der Waals surface area contributed by atoms with Crippen LogP contribution >= 0.6 is 0 Å². The van der Waals surface area contributed by atoms with Gasteiger partial charge >= 0.3 is 0 Å². The lowest BCUT2D eigenvalue weighted by molar-refractivity contribution is 0.199. The maximum Gasteiger partial charge on any atom is 0.225 e. The average molecular weight is 293 g/mol. The normalized spacial score (nSPS) is 16.7. The molecular weight excluding hydrogens is 266 g/mol. The third kappa shape index (κ3) is 4.91. The predicted octanol–water partition coefficient (Wildman–Crippen LogP) is 0.743. The first-order valence-electron chi connectivity index (χ1n) is 7.70. The molecule has 118 valence electrons. The topological polar surface area (TPSA) is 53.5 Å². The number of anilines is 1. The minimum atomic E-state index is 0.619. The van der Waals surface area contributed by atoms with Crippen molar-refractivity contribution in [3.05, 3.63) is 18.0 Å². The predicted molar refractivity (Wildman–Crippen MR) is 84.5 cm³/mol. The van der Waals surface area contributed by atoms with Crippen LogP contribution in [-0.2, 0) is 11.3 Å². The van der Waals surface area contributed by atoms with E-state index in [1.54, 1.807) is 7.11 Å². The molecule has 21 heavy (non-hydrogen) atoms. The van der Waals surface area contributed by atoms with Gasteiger partial charge in [-0.2, -0.15) is 0 Å². The Hall–Kier alpha value is -1.24. The van der Waals surface area contributed by atoms with E-state index in [1.807, 2.05) is 12.4 Å². The second-order valence-corrected chi connectivity index (χ2v) is 5.68. The Morgan fingerprint density at radius 1 is 1.19 bits per heavy atom. The number of hydrogen-bond acceptors (Lipinski definition) is 6. The van der Waals surface area contributed by atoms with Crippen molar-refractivity contribution >= 4 is 5.95 Å². The van der Waals surface area contributed by atoms with Crippen LogP contribution in [0.3, 0.4) is 0 Å². The van der Waals surface area contributed by atoms with Gasteiger partial charge in [-0.1, -0.05) is 0 Å². The monoisotopic (exact) mass is 293 g/mol. The lowest BCUT2D eigenvalue weighted by Crippen LogP contribution is -2.49. The van der Waals surface area contributed by atoms with Crippen molar-refractivity contribution < 1.29 is 4.74 Å². The Kier molecular flexibility index (Phi) is 6.35. The van der Waals surface area contributed by atoms with E-state index < -0.39 is 0 Å². The summed E-state index contributed by atoms with van der Waals surface area (Å²) in [7, 11) is 1.71. The van der Waals surface area contributed by atoms with E-state index in [0.717, 1.165) is 57.4 Å². The average Bonchev–Trinajstić information content (AvgIpc) is 2.52. The zero-order valence-electron chi connectivity index (χ0n) is 13.4. The first-order chi connectivity index (χ1) is 10.2. The third-order valence-corrected chi connectivity index (χ3v) is 3.83. The highest BCUT2D eigenvalue weighted by Gasteiger charge is 2.20. The summed E-state index contributed by atoms with van der Waals surface area (Å²) in [6.45, 7) is 11.0. The van der Waals surface area contributed by atoms with Crippen LogP contribution < -0.4 is 10.2 Å². The Balaban J connectivity index is 1.80. The van der Waals surface area contributed by atoms with Crippen molar-refractivity contribution in [3.63, 3.8) is 0 Å². The fourth-order valence-corrected chi connectivity index (χ4v) is 2.45. The van der Waals surface area contributed by atoms with Crippen molar-refractivity contribution in [1.82, 2.24) is 20.2 Å². The zero-order chi connectivity index (χ0) is 15.1. The fraction of sp³-hybridized carbons (Fsp3) is 0.733. The van der Waals surface area contributed by atoms with E-state index in [0.29, 0.717) is 6.04 Å². The van der Waals surface area contributed by atoms with Gasteiger partial charge in [-0.3, -0.25) is 4.90 Å². The van der Waals surface area contributed by atoms with Crippen LogP contribution in [0.4, 0.5) is 5.95 Å². The van der Waals surface area contributed by atoms with Gasteiger partial charge in [0, 0.05) is 70.4 Å². The van der Waals surface area contributed by atoms with E-state index >= 15 is 0 Å². The first-order valence-corrected chi connectivity index (χ1v) is 7.70. The largest absolute Gasteiger partial charge is 0.383 e. The molecule has 1 aliphatic heterocycles. The van der Waals surface area contributed by atoms with Crippen molar-refractivity contribution in [2.75, 3.05) is 51.3 Å². The number of rotatable bonds is 7. The molecule has 1 fully saturated rings. The molecule has 0 saturated carbocycles. The van der Waals surface area contributed by atoms with Gasteiger partial charge in [-0.25, -0.2) is 9.97 Å². The van der Waals surface area contributed by atoms with Gasteiger partial charge in [-0.15, -0.1) is 0 Å². The summed E-state index contributed by atoms with van der Waals surface area (Å²) in [5.41, 5.74) is 1.11. The summed E-state index contributed by atoms with van der Waals surface area (Å²) in [6, 6.07) is 0.619. The molecule has 2 heterocycles. The SMILES string of the molecule is COCCNCc1cnc(N2CCN(C(C)C)CC2)nc1. The highest BCUT2D eigenvalue weighted by molar-refractivity contribution is 5.30. The van der Waals surface area contributed by atoms with E-state index in [1.165, 1.54) is 0 Å². The molecule has 1 N–H and O–H groups in total. The molecule has 0 amide bonds. The number of nitrogens with one attached hydrogen (secondary N) is 1. The molecule has 0 unspecified atom stereocenters. The number of hydrogen-bond donors (Lipinski definition) is 1. The highest BCUT2D eigenvalue weighted by atomic mass is 16.5. The summed E-state index contributed by atoms with van der Waals surface area (Å²) in [4.78, 5) is 13.7. The molecule has 0 bridgehead atoms. The zero-order valence-corrected chi connectivity index (χ0v) is 13.4. The number of nitrogens with zero attached hydrogens (tertiary/aromatic N) is 4. The lowest BCUT2D eigenvalue weighted by Gasteiger charge is -2.36. The maximum atomic E-state index is 5.00. The molecule has 6 nitrogen and oxygen atoms in total. The lowest BCUT2D eigenvalue weighted by atomic mass is 10.2. The van der Waals surface area contributed by atoms with Gasteiger partial charge in [0.05, 0.1) is 6.61 Å². The first kappa shape index (κ1) is 16.1. The Labute approximate surface area is 127 Å². The van der Waals surface area contributed by atoms with Gasteiger partial charge in [0.1, 0.15) is 0 Å². The van der Waals surface area contributed by atoms with Crippen LogP contribution in [0.1, 0.15) is 19.4 Å².